The van der Waals surface area contributed by atoms with Crippen molar-refractivity contribution in [3.8, 4) is 11.5 Å². The summed E-state index contributed by atoms with van der Waals surface area (Å²) in [4.78, 5) is 49.7. The molecule has 1 aliphatic rings. The molecule has 1 aromatic carbocycles. The van der Waals surface area contributed by atoms with E-state index in [9.17, 15) is 19.2 Å². The molecule has 0 fully saturated rings. The van der Waals surface area contributed by atoms with Crippen LogP contribution >= 0.6 is 11.3 Å². The second-order valence-corrected chi connectivity index (χ2v) is 8.94. The van der Waals surface area contributed by atoms with E-state index in [4.69, 9.17) is 19.3 Å². The topological polar surface area (TPSA) is 140 Å². The third kappa shape index (κ3) is 7.79. The van der Waals surface area contributed by atoms with Crippen LogP contribution < -0.4 is 20.1 Å². The number of hydrogen-bond donors (Lipinski definition) is 3. The van der Waals surface area contributed by atoms with E-state index in [1.165, 1.54) is 34.4 Å². The molecule has 1 aliphatic heterocycles. The minimum Gasteiger partial charge on any atom is -0.479 e. The lowest BCUT2D eigenvalue weighted by atomic mass is 10.1. The van der Waals surface area contributed by atoms with Crippen LogP contribution in [0.1, 0.15) is 50.2 Å². The van der Waals surface area contributed by atoms with E-state index < -0.39 is 25.2 Å². The number of Topliss-reactive ketones (excluding diaryl/α,β-unsaturated/α-hetero) is 1. The molecular formula is C24H28N2O8S. The molecule has 0 saturated heterocycles. The molecule has 0 aliphatic carbocycles. The predicted molar refractivity (Wildman–Crippen MR) is 127 cm³/mol. The lowest BCUT2D eigenvalue weighted by molar-refractivity contribution is -0.146. The van der Waals surface area contributed by atoms with Gasteiger partial charge in [0.15, 0.2) is 30.5 Å². The van der Waals surface area contributed by atoms with Gasteiger partial charge >= 0.3 is 11.9 Å². The zero-order valence-corrected chi connectivity index (χ0v) is 20.2. The summed E-state index contributed by atoms with van der Waals surface area (Å²) in [5.41, 5.74) is 1.31. The highest BCUT2D eigenvalue weighted by atomic mass is 32.1. The molecule has 2 heterocycles. The van der Waals surface area contributed by atoms with Gasteiger partial charge < -0.3 is 30.0 Å². The first-order valence-corrected chi connectivity index (χ1v) is 12.1. The van der Waals surface area contributed by atoms with Gasteiger partial charge in [0.1, 0.15) is 0 Å². The molecule has 1 aromatic heterocycles. The standard InChI is InChI=1S/C24H28N2O8S/c1-2-3-8-32-23(30)14-34-19-9-15(4-5-18(19)33-13-22(28)29)17(27)12-26-24(31)21-10-16-11-25-7-6-20(16)35-21/h4-5,9-10,25H,2-3,6-8,11-14H2,1H3,(H,26,31)(H,28,29). The van der Waals surface area contributed by atoms with Crippen molar-refractivity contribution in [3.63, 3.8) is 0 Å². The number of thiophene rings is 1. The van der Waals surface area contributed by atoms with Gasteiger partial charge in [0.25, 0.3) is 5.91 Å². The number of ketones is 1. The maximum absolute atomic E-state index is 12.7. The van der Waals surface area contributed by atoms with E-state index in [0.29, 0.717) is 4.88 Å². The molecule has 3 rings (SSSR count). The Bertz CT molecular complexity index is 1060. The van der Waals surface area contributed by atoms with Gasteiger partial charge in [-0.15, -0.1) is 11.3 Å². The SMILES string of the molecule is CCCCOC(=O)COc1cc(C(=O)CNC(=O)c2cc3c(s2)CCNC3)ccc1OCC(=O)O. The van der Waals surface area contributed by atoms with Crippen LogP contribution in [-0.4, -0.2) is 61.6 Å². The zero-order chi connectivity index (χ0) is 25.2. The largest absolute Gasteiger partial charge is 0.479 e. The average molecular weight is 505 g/mol. The van der Waals surface area contributed by atoms with E-state index in [2.05, 4.69) is 10.6 Å². The van der Waals surface area contributed by atoms with E-state index in [-0.39, 0.29) is 41.9 Å². The fourth-order valence-corrected chi connectivity index (χ4v) is 4.37. The lowest BCUT2D eigenvalue weighted by Crippen LogP contribution is -2.29. The van der Waals surface area contributed by atoms with Gasteiger partial charge in [0.05, 0.1) is 18.0 Å². The highest BCUT2D eigenvalue weighted by molar-refractivity contribution is 7.14. The first-order chi connectivity index (χ1) is 16.9. The quantitative estimate of drug-likeness (QED) is 0.213. The van der Waals surface area contributed by atoms with E-state index in [1.807, 2.05) is 13.0 Å². The van der Waals surface area contributed by atoms with Gasteiger partial charge in [-0.1, -0.05) is 13.3 Å². The maximum Gasteiger partial charge on any atom is 0.344 e. The van der Waals surface area contributed by atoms with Crippen LogP contribution in [0.3, 0.4) is 0 Å². The number of hydrogen-bond acceptors (Lipinski definition) is 9. The van der Waals surface area contributed by atoms with Crippen molar-refractivity contribution >= 4 is 35.0 Å². The lowest BCUT2D eigenvalue weighted by Gasteiger charge is -2.13. The number of amides is 1. The Morgan fingerprint density at radius 3 is 2.66 bits per heavy atom. The van der Waals surface area contributed by atoms with Crippen molar-refractivity contribution in [2.75, 3.05) is 32.9 Å². The molecule has 0 radical (unpaired) electrons. The number of ether oxygens (including phenoxy) is 3. The average Bonchev–Trinajstić information content (AvgIpc) is 3.29. The molecule has 188 valence electrons. The number of nitrogens with one attached hydrogen (secondary N) is 2. The smallest absolute Gasteiger partial charge is 0.344 e. The normalized spacial score (nSPS) is 12.4. The minimum absolute atomic E-state index is 0.0225. The summed E-state index contributed by atoms with van der Waals surface area (Å²) < 4.78 is 15.7. The maximum atomic E-state index is 12.7. The number of aliphatic carboxylic acids is 1. The van der Waals surface area contributed by atoms with E-state index in [0.717, 1.165) is 37.9 Å². The Balaban J connectivity index is 1.63. The summed E-state index contributed by atoms with van der Waals surface area (Å²) in [6.07, 6.45) is 2.46. The Hall–Kier alpha value is -3.44. The van der Waals surface area contributed by atoms with Crippen LogP contribution in [0.2, 0.25) is 0 Å². The molecule has 35 heavy (non-hydrogen) atoms. The van der Waals surface area contributed by atoms with Crippen LogP contribution in [0.15, 0.2) is 24.3 Å². The number of unbranched alkanes of at least 4 members (excludes halogenated alkanes) is 1. The van der Waals surface area contributed by atoms with Crippen molar-refractivity contribution in [3.05, 3.63) is 45.1 Å². The summed E-state index contributed by atoms with van der Waals surface area (Å²) in [7, 11) is 0. The molecule has 2 aromatic rings. The van der Waals surface area contributed by atoms with Crippen LogP contribution in [-0.2, 0) is 27.3 Å². The highest BCUT2D eigenvalue weighted by Gasteiger charge is 2.19. The number of benzene rings is 1. The van der Waals surface area contributed by atoms with Crippen LogP contribution in [0.25, 0.3) is 0 Å². The summed E-state index contributed by atoms with van der Waals surface area (Å²) in [6.45, 7) is 2.53. The summed E-state index contributed by atoms with van der Waals surface area (Å²) in [6, 6.07) is 6.01. The van der Waals surface area contributed by atoms with E-state index in [1.54, 1.807) is 0 Å². The summed E-state index contributed by atoms with van der Waals surface area (Å²) >= 11 is 1.43. The fraction of sp³-hybridized carbons (Fsp3) is 0.417. The Morgan fingerprint density at radius 1 is 1.11 bits per heavy atom. The number of fused-ring (bicyclic) bond motifs is 1. The number of carboxylic acid groups (broad SMARTS) is 1. The predicted octanol–water partition coefficient (Wildman–Crippen LogP) is 2.19. The number of carbonyl (C=O) groups excluding carboxylic acids is 3. The summed E-state index contributed by atoms with van der Waals surface area (Å²) in [5.74, 6) is -2.42. The van der Waals surface area contributed by atoms with Gasteiger partial charge in [-0.25, -0.2) is 9.59 Å². The first-order valence-electron chi connectivity index (χ1n) is 11.3. The molecule has 0 atom stereocenters. The molecule has 10 nitrogen and oxygen atoms in total. The zero-order valence-electron chi connectivity index (χ0n) is 19.4. The van der Waals surface area contributed by atoms with Crippen molar-refractivity contribution in [1.82, 2.24) is 10.6 Å². The van der Waals surface area contributed by atoms with Crippen LogP contribution in [0.5, 0.6) is 11.5 Å². The van der Waals surface area contributed by atoms with Gasteiger partial charge in [-0.2, -0.15) is 0 Å². The highest BCUT2D eigenvalue weighted by Crippen LogP contribution is 2.29. The second-order valence-electron chi connectivity index (χ2n) is 7.80. The molecule has 0 unspecified atom stereocenters. The Morgan fingerprint density at radius 2 is 1.91 bits per heavy atom. The molecule has 3 N–H and O–H groups in total. The number of esters is 1. The van der Waals surface area contributed by atoms with Gasteiger partial charge in [-0.3, -0.25) is 9.59 Å². The molecule has 1 amide bonds. The Kier molecular flexibility index (Phi) is 9.62. The fourth-order valence-electron chi connectivity index (χ4n) is 3.28. The monoisotopic (exact) mass is 504 g/mol. The third-order valence-electron chi connectivity index (χ3n) is 5.10. The van der Waals surface area contributed by atoms with Gasteiger partial charge in [0, 0.05) is 23.5 Å². The van der Waals surface area contributed by atoms with Crippen LogP contribution in [0.4, 0.5) is 0 Å². The van der Waals surface area contributed by atoms with Crippen molar-refractivity contribution in [2.24, 2.45) is 0 Å². The first kappa shape index (κ1) is 26.2. The third-order valence-corrected chi connectivity index (χ3v) is 6.33. The van der Waals surface area contributed by atoms with Gasteiger partial charge in [0.2, 0.25) is 0 Å². The molecule has 0 spiro atoms. The molecular weight excluding hydrogens is 476 g/mol. The molecule has 11 heteroatoms. The number of rotatable bonds is 13. The second kappa shape index (κ2) is 12.9. The van der Waals surface area contributed by atoms with Gasteiger partial charge in [-0.05, 0) is 42.7 Å². The molecule has 0 saturated carbocycles. The van der Waals surface area contributed by atoms with Crippen molar-refractivity contribution in [1.29, 1.82) is 0 Å². The van der Waals surface area contributed by atoms with Crippen molar-refractivity contribution in [2.45, 2.75) is 32.7 Å². The molecule has 0 bridgehead atoms. The van der Waals surface area contributed by atoms with Crippen LogP contribution in [0, 0.1) is 0 Å². The minimum atomic E-state index is -1.19. The summed E-state index contributed by atoms with van der Waals surface area (Å²) in [5, 5.41) is 14.8. The van der Waals surface area contributed by atoms with E-state index >= 15 is 0 Å². The number of carboxylic acids is 1. The Labute approximate surface area is 206 Å². The number of carbonyl (C=O) groups is 4. The van der Waals surface area contributed by atoms with Crippen molar-refractivity contribution < 1.29 is 38.5 Å².